The lowest BCUT2D eigenvalue weighted by Crippen LogP contribution is -2.29. The summed E-state index contributed by atoms with van der Waals surface area (Å²) >= 11 is 0. The zero-order valence-corrected chi connectivity index (χ0v) is 21.1. The fourth-order valence-corrected chi connectivity index (χ4v) is 3.95. The molecule has 0 aliphatic heterocycles. The number of nitrogens with zero attached hydrogens (tertiary/aromatic N) is 1. The van der Waals surface area contributed by atoms with Crippen molar-refractivity contribution in [2.24, 2.45) is 11.8 Å². The molecule has 35 heavy (non-hydrogen) atoms. The van der Waals surface area contributed by atoms with E-state index in [4.69, 9.17) is 18.9 Å². The molecule has 0 saturated carbocycles. The Bertz CT molecular complexity index is 1070. The molecule has 0 radical (unpaired) electrons. The number of hydrogen-bond donors (Lipinski definition) is 0. The molecule has 1 heterocycles. The van der Waals surface area contributed by atoms with Gasteiger partial charge in [-0.3, -0.25) is 14.4 Å². The Morgan fingerprint density at radius 1 is 1.00 bits per heavy atom. The molecule has 0 spiro atoms. The summed E-state index contributed by atoms with van der Waals surface area (Å²) in [5.74, 6) is -3.05. The van der Waals surface area contributed by atoms with E-state index in [0.717, 1.165) is 0 Å². The molecule has 0 aliphatic carbocycles. The van der Waals surface area contributed by atoms with E-state index in [2.05, 4.69) is 4.98 Å². The minimum atomic E-state index is -0.802. The van der Waals surface area contributed by atoms with Gasteiger partial charge in [-0.05, 0) is 30.5 Å². The fraction of sp³-hybridized carbons (Fsp3) is 0.462. The van der Waals surface area contributed by atoms with Gasteiger partial charge in [-0.15, -0.1) is 0 Å². The SMILES string of the molecule is COc1ccc([C@H](C(C)C)[C@H](C)OC(=O)[C@H](C)CC(=O)c2nccc(OC)c2OC(C)=O)cc1F. The number of pyridine rings is 1. The van der Waals surface area contributed by atoms with Crippen LogP contribution >= 0.6 is 0 Å². The van der Waals surface area contributed by atoms with Gasteiger partial charge in [-0.1, -0.05) is 26.8 Å². The van der Waals surface area contributed by atoms with Crippen LogP contribution < -0.4 is 14.2 Å². The molecule has 0 amide bonds. The molecule has 1 aromatic heterocycles. The highest BCUT2D eigenvalue weighted by Crippen LogP contribution is 2.34. The van der Waals surface area contributed by atoms with Crippen molar-refractivity contribution in [3.63, 3.8) is 0 Å². The molecule has 0 bridgehead atoms. The zero-order valence-electron chi connectivity index (χ0n) is 21.1. The zero-order chi connectivity index (χ0) is 26.3. The molecule has 0 N–H and O–H groups in total. The number of aromatic nitrogens is 1. The highest BCUT2D eigenvalue weighted by molar-refractivity contribution is 5.99. The van der Waals surface area contributed by atoms with E-state index in [1.807, 2.05) is 13.8 Å². The minimum absolute atomic E-state index is 0.0369. The Labute approximate surface area is 204 Å². The van der Waals surface area contributed by atoms with Gasteiger partial charge in [0.05, 0.1) is 20.1 Å². The van der Waals surface area contributed by atoms with Gasteiger partial charge >= 0.3 is 11.9 Å². The predicted octanol–water partition coefficient (Wildman–Crippen LogP) is 4.74. The van der Waals surface area contributed by atoms with Crippen molar-refractivity contribution < 1.29 is 37.7 Å². The third-order valence-electron chi connectivity index (χ3n) is 5.58. The summed E-state index contributed by atoms with van der Waals surface area (Å²) in [6.45, 7) is 8.41. The molecule has 0 unspecified atom stereocenters. The number of Topliss-reactive ketones (excluding diaryl/α,β-unsaturated/α-hetero) is 1. The maximum atomic E-state index is 14.3. The van der Waals surface area contributed by atoms with E-state index in [1.165, 1.54) is 45.5 Å². The van der Waals surface area contributed by atoms with Crippen LogP contribution in [-0.2, 0) is 14.3 Å². The lowest BCUT2D eigenvalue weighted by molar-refractivity contribution is -0.154. The molecule has 2 aromatic rings. The summed E-state index contributed by atoms with van der Waals surface area (Å²) < 4.78 is 35.2. The monoisotopic (exact) mass is 489 g/mol. The molecule has 0 fully saturated rings. The van der Waals surface area contributed by atoms with Crippen LogP contribution in [0.15, 0.2) is 30.5 Å². The topological polar surface area (TPSA) is 101 Å². The Morgan fingerprint density at radius 2 is 1.66 bits per heavy atom. The molecule has 190 valence electrons. The Kier molecular flexibility index (Phi) is 9.74. The van der Waals surface area contributed by atoms with Crippen LogP contribution in [0.2, 0.25) is 0 Å². The quantitative estimate of drug-likeness (QED) is 0.329. The minimum Gasteiger partial charge on any atom is -0.494 e. The number of ether oxygens (including phenoxy) is 4. The molecule has 1 aromatic carbocycles. The summed E-state index contributed by atoms with van der Waals surface area (Å²) in [6, 6.07) is 6.13. The fourth-order valence-electron chi connectivity index (χ4n) is 3.95. The maximum Gasteiger partial charge on any atom is 0.309 e. The average Bonchev–Trinajstić information content (AvgIpc) is 2.78. The normalized spacial score (nSPS) is 13.5. The van der Waals surface area contributed by atoms with Gasteiger partial charge in [-0.2, -0.15) is 0 Å². The summed E-state index contributed by atoms with van der Waals surface area (Å²) in [5, 5.41) is 0. The highest BCUT2D eigenvalue weighted by Gasteiger charge is 2.30. The second-order valence-corrected chi connectivity index (χ2v) is 8.62. The maximum absolute atomic E-state index is 14.3. The van der Waals surface area contributed by atoms with E-state index in [1.54, 1.807) is 19.9 Å². The van der Waals surface area contributed by atoms with Gasteiger partial charge in [0, 0.05) is 31.5 Å². The van der Waals surface area contributed by atoms with Crippen molar-refractivity contribution >= 4 is 17.7 Å². The summed E-state index contributed by atoms with van der Waals surface area (Å²) in [5.41, 5.74) is 0.565. The van der Waals surface area contributed by atoms with E-state index >= 15 is 0 Å². The molecular weight excluding hydrogens is 457 g/mol. The molecule has 0 aliphatic rings. The number of esters is 2. The Morgan fingerprint density at radius 3 is 2.20 bits per heavy atom. The number of halogens is 1. The smallest absolute Gasteiger partial charge is 0.309 e. The third-order valence-corrected chi connectivity index (χ3v) is 5.58. The lowest BCUT2D eigenvalue weighted by Gasteiger charge is -2.29. The summed E-state index contributed by atoms with van der Waals surface area (Å²) in [7, 11) is 2.76. The van der Waals surface area contributed by atoms with Crippen molar-refractivity contribution in [1.82, 2.24) is 4.98 Å². The number of carbonyl (C=O) groups is 3. The number of benzene rings is 1. The van der Waals surface area contributed by atoms with Gasteiger partial charge in [0.25, 0.3) is 0 Å². The van der Waals surface area contributed by atoms with Crippen molar-refractivity contribution in [3.8, 4) is 17.2 Å². The molecular formula is C26H32FNO7. The van der Waals surface area contributed by atoms with Crippen LogP contribution in [0.4, 0.5) is 4.39 Å². The Balaban J connectivity index is 2.16. The largest absolute Gasteiger partial charge is 0.494 e. The summed E-state index contributed by atoms with van der Waals surface area (Å²) in [6.07, 6.45) is 0.550. The summed E-state index contributed by atoms with van der Waals surface area (Å²) in [4.78, 5) is 41.2. The third kappa shape index (κ3) is 7.00. The van der Waals surface area contributed by atoms with E-state index < -0.39 is 35.6 Å². The first kappa shape index (κ1) is 27.8. The predicted molar refractivity (Wildman–Crippen MR) is 126 cm³/mol. The van der Waals surface area contributed by atoms with Gasteiger partial charge in [0.1, 0.15) is 6.10 Å². The standard InChI is InChI=1S/C26H32FNO7/c1-14(2)23(18-8-9-21(32-6)19(27)13-18)16(4)34-26(31)15(3)12-20(30)24-25(35-17(5)29)22(33-7)10-11-28-24/h8-11,13-16,23H,12H2,1-7H3/t15-,16+,23-/m1/s1. The van der Waals surface area contributed by atoms with E-state index in [0.29, 0.717) is 5.56 Å². The first-order chi connectivity index (χ1) is 16.5. The van der Waals surface area contributed by atoms with Crippen molar-refractivity contribution in [1.29, 1.82) is 0 Å². The van der Waals surface area contributed by atoms with Crippen LogP contribution in [0.25, 0.3) is 0 Å². The number of hydrogen-bond acceptors (Lipinski definition) is 8. The number of carbonyl (C=O) groups excluding carboxylic acids is 3. The van der Waals surface area contributed by atoms with Crippen molar-refractivity contribution in [3.05, 3.63) is 47.5 Å². The number of rotatable bonds is 11. The molecule has 3 atom stereocenters. The highest BCUT2D eigenvalue weighted by atomic mass is 19.1. The van der Waals surface area contributed by atoms with Crippen LogP contribution in [-0.4, -0.2) is 43.0 Å². The van der Waals surface area contributed by atoms with Crippen molar-refractivity contribution in [2.45, 2.75) is 53.1 Å². The Hall–Kier alpha value is -3.49. The number of ketones is 1. The van der Waals surface area contributed by atoms with Crippen molar-refractivity contribution in [2.75, 3.05) is 14.2 Å². The van der Waals surface area contributed by atoms with E-state index in [9.17, 15) is 18.8 Å². The molecule has 9 heteroatoms. The van der Waals surface area contributed by atoms with Crippen LogP contribution in [0.1, 0.15) is 63.0 Å². The van der Waals surface area contributed by atoms with Gasteiger partial charge in [0.15, 0.2) is 28.8 Å². The van der Waals surface area contributed by atoms with Crippen LogP contribution in [0, 0.1) is 17.7 Å². The number of methoxy groups -OCH3 is 2. The van der Waals surface area contributed by atoms with Gasteiger partial charge in [0.2, 0.25) is 5.75 Å². The van der Waals surface area contributed by atoms with Crippen LogP contribution in [0.5, 0.6) is 17.2 Å². The molecule has 0 saturated heterocycles. The van der Waals surface area contributed by atoms with Crippen LogP contribution in [0.3, 0.4) is 0 Å². The van der Waals surface area contributed by atoms with Gasteiger partial charge in [-0.25, -0.2) is 9.37 Å². The first-order valence-corrected chi connectivity index (χ1v) is 11.3. The van der Waals surface area contributed by atoms with E-state index in [-0.39, 0.29) is 41.2 Å². The average molecular weight is 490 g/mol. The molecule has 8 nitrogen and oxygen atoms in total. The van der Waals surface area contributed by atoms with Gasteiger partial charge < -0.3 is 18.9 Å². The molecule has 2 rings (SSSR count). The second-order valence-electron chi connectivity index (χ2n) is 8.62. The second kappa shape index (κ2) is 12.3. The lowest BCUT2D eigenvalue weighted by atomic mass is 9.84. The first-order valence-electron chi connectivity index (χ1n) is 11.3.